The van der Waals surface area contributed by atoms with Crippen LogP contribution in [0.15, 0.2) is 78.9 Å². The van der Waals surface area contributed by atoms with Gasteiger partial charge in [-0.15, -0.1) is 0 Å². The van der Waals surface area contributed by atoms with E-state index in [1.165, 1.54) is 0 Å². The molecule has 0 fully saturated rings. The maximum absolute atomic E-state index is 13.1. The van der Waals surface area contributed by atoms with Crippen LogP contribution in [0.2, 0.25) is 0 Å². The third kappa shape index (κ3) is 8.67. The molecule has 0 saturated heterocycles. The van der Waals surface area contributed by atoms with Crippen LogP contribution in [0, 0.1) is 0 Å². The summed E-state index contributed by atoms with van der Waals surface area (Å²) in [6.07, 6.45) is -16.7. The van der Waals surface area contributed by atoms with Crippen molar-refractivity contribution in [1.29, 1.82) is 0 Å². The lowest BCUT2D eigenvalue weighted by atomic mass is 9.72. The Labute approximate surface area is 491 Å². The van der Waals surface area contributed by atoms with Crippen molar-refractivity contribution >= 4 is 0 Å². The molecule has 4 aliphatic rings. The number of hydrogen-bond donors (Lipinski definition) is 24. The number of benzene rings is 8. The van der Waals surface area contributed by atoms with Gasteiger partial charge in [-0.3, -0.25) is 0 Å². The number of phenols is 20. The highest BCUT2D eigenvalue weighted by Crippen LogP contribution is 2.65. The van der Waals surface area contributed by atoms with Gasteiger partial charge >= 0.3 is 0 Å². The summed E-state index contributed by atoms with van der Waals surface area (Å²) in [4.78, 5) is 0. The highest BCUT2D eigenvalue weighted by molar-refractivity contribution is 5.74. The first-order chi connectivity index (χ1) is 41.6. The lowest BCUT2D eigenvalue weighted by Gasteiger charge is -2.44. The molecule has 0 unspecified atom stereocenters. The summed E-state index contributed by atoms with van der Waals surface area (Å²) in [7, 11) is 0. The van der Waals surface area contributed by atoms with Gasteiger partial charge in [0.25, 0.3) is 0 Å². The normalized spacial score (nSPS) is 23.4. The van der Waals surface area contributed by atoms with Crippen LogP contribution < -0.4 is 18.9 Å². The summed E-state index contributed by atoms with van der Waals surface area (Å²) in [5.41, 5.74) is -5.47. The van der Waals surface area contributed by atoms with Crippen LogP contribution in [0.5, 0.6) is 138 Å². The van der Waals surface area contributed by atoms with Crippen LogP contribution in [0.1, 0.15) is 103 Å². The summed E-state index contributed by atoms with van der Waals surface area (Å²) < 4.78 is 25.4. The van der Waals surface area contributed by atoms with Gasteiger partial charge in [-0.2, -0.15) is 0 Å². The molecule has 12 rings (SSSR count). The Morgan fingerprint density at radius 1 is 0.261 bits per heavy atom. The Balaban J connectivity index is 1.15. The van der Waals surface area contributed by atoms with Gasteiger partial charge < -0.3 is 142 Å². The molecule has 11 atom stereocenters. The monoisotopic (exact) mass is 1220 g/mol. The van der Waals surface area contributed by atoms with Gasteiger partial charge in [0.05, 0.1) is 23.9 Å². The van der Waals surface area contributed by atoms with E-state index in [2.05, 4.69) is 0 Å². The molecule has 4 aliphatic heterocycles. The first-order valence-electron chi connectivity index (χ1n) is 26.3. The van der Waals surface area contributed by atoms with Crippen molar-refractivity contribution in [2.45, 2.75) is 73.0 Å². The van der Waals surface area contributed by atoms with Crippen molar-refractivity contribution in [3.63, 3.8) is 0 Å². The Morgan fingerprint density at radius 3 is 0.886 bits per heavy atom. The van der Waals surface area contributed by atoms with Crippen LogP contribution in [-0.4, -0.2) is 147 Å². The first-order valence-corrected chi connectivity index (χ1v) is 26.3. The third-order valence-corrected chi connectivity index (χ3v) is 16.4. The van der Waals surface area contributed by atoms with Gasteiger partial charge in [-0.1, -0.05) is 0 Å². The average Bonchev–Trinajstić information content (AvgIpc) is 0.873. The maximum Gasteiger partial charge on any atom is 0.200 e. The van der Waals surface area contributed by atoms with Gasteiger partial charge in [0.1, 0.15) is 87.3 Å². The number of ether oxygens (including phenoxy) is 4. The lowest BCUT2D eigenvalue weighted by molar-refractivity contribution is -0.00867. The van der Waals surface area contributed by atoms with Crippen LogP contribution >= 0.6 is 0 Å². The van der Waals surface area contributed by atoms with E-state index in [1.807, 2.05) is 0 Å². The summed E-state index contributed by atoms with van der Waals surface area (Å²) in [5, 5.41) is 273. The second kappa shape index (κ2) is 20.2. The topological polar surface area (TPSA) is 522 Å². The van der Waals surface area contributed by atoms with E-state index >= 15 is 0 Å². The predicted octanol–water partition coefficient (Wildman–Crippen LogP) is 4.72. The van der Waals surface area contributed by atoms with E-state index in [4.69, 9.17) is 18.9 Å². The molecule has 0 radical (unpaired) electrons. The minimum absolute atomic E-state index is 0.211. The molecule has 0 aromatic heterocycles. The molecule has 8 aromatic rings. The van der Waals surface area contributed by atoms with Crippen LogP contribution in [-0.2, 0) is 6.42 Å². The Bertz CT molecular complexity index is 4170. The first kappa shape index (κ1) is 57.2. The van der Waals surface area contributed by atoms with Gasteiger partial charge in [0, 0.05) is 98.0 Å². The minimum atomic E-state index is -2.36. The van der Waals surface area contributed by atoms with E-state index in [0.29, 0.717) is 12.1 Å². The fraction of sp³-hybridized carbons (Fsp3) is 0.200. The van der Waals surface area contributed by atoms with Crippen molar-refractivity contribution in [2.24, 2.45) is 0 Å². The molecular formula is C60H50O28. The van der Waals surface area contributed by atoms with Gasteiger partial charge in [-0.05, 0) is 48.5 Å². The number of aliphatic hydroxyl groups excluding tert-OH is 4. The third-order valence-electron chi connectivity index (χ3n) is 16.4. The molecule has 0 amide bonds. The van der Waals surface area contributed by atoms with Crippen molar-refractivity contribution < 1.29 is 142 Å². The number of rotatable bonds is 7. The largest absolute Gasteiger partial charge is 0.508 e. The predicted molar refractivity (Wildman–Crippen MR) is 292 cm³/mol. The highest BCUT2D eigenvalue weighted by Gasteiger charge is 2.53. The summed E-state index contributed by atoms with van der Waals surface area (Å²) in [6, 6.07) is 10.5. The standard InChI is InChI=1S/C60H50O28/c61-19-9-22(63)38-37(10-19)85-55(16-3-30(71)48(79)31(72)4-16)51(82)44(38)40-24(65)13-26(67)42-46(53(84)57(87-59(40)42)18-7-34(75)50(81)35(76)8-18)43-27(68)14-25(66)41-45(52(83)56(88-60(41)43)17-5-32(73)49(80)33(74)6-17)39-23(64)12-21(62)20-11-36(77)54(86-58(20)39)15-1-28(69)47(78)29(70)2-15/h1-10,12-14,36,44-46,51-57,61-84H,11H2/t36-,44-,45+,46-,51-,52-,53-,54-,55-,56-,57-/m1/s1. The Kier molecular flexibility index (Phi) is 13.2. The number of aromatic hydroxyl groups is 20. The van der Waals surface area contributed by atoms with Crippen molar-refractivity contribution in [1.82, 2.24) is 0 Å². The second-order valence-electron chi connectivity index (χ2n) is 21.6. The van der Waals surface area contributed by atoms with Crippen molar-refractivity contribution in [3.05, 3.63) is 140 Å². The summed E-state index contributed by atoms with van der Waals surface area (Å²) >= 11 is 0. The van der Waals surface area contributed by atoms with Gasteiger partial charge in [0.15, 0.2) is 93.4 Å². The van der Waals surface area contributed by atoms with Gasteiger partial charge in [0.2, 0.25) is 0 Å². The zero-order chi connectivity index (χ0) is 63.3. The number of hydrogen-bond acceptors (Lipinski definition) is 28. The van der Waals surface area contributed by atoms with E-state index in [9.17, 15) is 123 Å². The van der Waals surface area contributed by atoms with E-state index in [-0.39, 0.29) is 16.7 Å². The molecule has 8 aromatic carbocycles. The average molecular weight is 1220 g/mol. The summed E-state index contributed by atoms with van der Waals surface area (Å²) in [5.74, 6) is -28.0. The molecule has 24 N–H and O–H groups in total. The quantitative estimate of drug-likeness (QED) is 0.0960. The van der Waals surface area contributed by atoms with Crippen LogP contribution in [0.3, 0.4) is 0 Å². The number of phenolic OH excluding ortho intramolecular Hbond substituents is 20. The van der Waals surface area contributed by atoms with E-state index in [0.717, 1.165) is 66.7 Å². The van der Waals surface area contributed by atoms with Crippen molar-refractivity contribution in [2.75, 3.05) is 0 Å². The van der Waals surface area contributed by atoms with E-state index in [1.54, 1.807) is 0 Å². The molecule has 88 heavy (non-hydrogen) atoms. The molecule has 0 spiro atoms. The smallest absolute Gasteiger partial charge is 0.200 e. The summed E-state index contributed by atoms with van der Waals surface area (Å²) in [6.45, 7) is 0. The molecule has 28 heteroatoms. The molecule has 0 saturated carbocycles. The number of aliphatic hydroxyl groups is 4. The molecule has 0 aliphatic carbocycles. The molecule has 458 valence electrons. The second-order valence-corrected chi connectivity index (χ2v) is 21.6. The minimum Gasteiger partial charge on any atom is -0.508 e. The fourth-order valence-electron chi connectivity index (χ4n) is 12.5. The zero-order valence-electron chi connectivity index (χ0n) is 44.4. The Morgan fingerprint density at radius 2 is 0.534 bits per heavy atom. The molecular weight excluding hydrogens is 1170 g/mol. The maximum atomic E-state index is 13.1. The van der Waals surface area contributed by atoms with Gasteiger partial charge in [-0.25, -0.2) is 0 Å². The molecule has 0 bridgehead atoms. The van der Waals surface area contributed by atoms with Crippen molar-refractivity contribution in [3.8, 4) is 138 Å². The molecule has 4 heterocycles. The zero-order valence-corrected chi connectivity index (χ0v) is 44.4. The van der Waals surface area contributed by atoms with Crippen LogP contribution in [0.25, 0.3) is 0 Å². The molecule has 28 nitrogen and oxygen atoms in total. The lowest BCUT2D eigenvalue weighted by Crippen LogP contribution is -2.40. The van der Waals surface area contributed by atoms with E-state index < -0.39 is 256 Å². The fourth-order valence-corrected chi connectivity index (χ4v) is 12.5. The Hall–Kier alpha value is -11.2. The SMILES string of the molecule is Oc1cc(O)c2c(c1)O[C@H](c1cc(O)c(O)c(O)c1)[C@H](O)[C@H]2c1c(O)cc(O)c2c1O[C@H](c1cc(O)c(O)c(O)c1)[C@H](O)[C@H]2c1c(O)cc(O)c2c1O[C@H](c1cc(O)c(O)c(O)c1)[C@H](O)[C@H]2c1c(O)cc(O)c2c1O[C@H](c1cc(O)c(O)c(O)c1)[C@H](O)C2. The highest BCUT2D eigenvalue weighted by atomic mass is 16.5. The number of fused-ring (bicyclic) bond motifs is 4. The van der Waals surface area contributed by atoms with Crippen LogP contribution in [0.4, 0.5) is 0 Å².